The third kappa shape index (κ3) is 3.59. The zero-order chi connectivity index (χ0) is 15.5. The van der Waals surface area contributed by atoms with Crippen LogP contribution in [0.2, 0.25) is 0 Å². The van der Waals surface area contributed by atoms with E-state index in [9.17, 15) is 13.2 Å². The highest BCUT2D eigenvalue weighted by Gasteiger charge is 2.30. The van der Waals surface area contributed by atoms with Crippen molar-refractivity contribution in [1.29, 1.82) is 0 Å². The van der Waals surface area contributed by atoms with Crippen LogP contribution in [0, 0.1) is 6.92 Å². The Morgan fingerprint density at radius 2 is 1.76 bits per heavy atom. The van der Waals surface area contributed by atoms with Crippen LogP contribution in [0.1, 0.15) is 22.4 Å². The van der Waals surface area contributed by atoms with E-state index in [-0.39, 0.29) is 0 Å². The molecule has 0 aliphatic heterocycles. The molecular weight excluding hydrogens is 281 g/mol. The van der Waals surface area contributed by atoms with Gasteiger partial charge in [0, 0.05) is 11.8 Å². The minimum atomic E-state index is -4.41. The third-order valence-corrected chi connectivity index (χ3v) is 2.84. The molecule has 0 saturated carbocycles. The summed E-state index contributed by atoms with van der Waals surface area (Å²) in [5.74, 6) is 0. The maximum Gasteiger partial charge on any atom is 0.417 e. The summed E-state index contributed by atoms with van der Waals surface area (Å²) in [5.41, 5.74) is 1.68. The molecule has 0 spiro atoms. The molecule has 0 bridgehead atoms. The highest BCUT2D eigenvalue weighted by Crippen LogP contribution is 2.28. The van der Waals surface area contributed by atoms with Gasteiger partial charge in [0.25, 0.3) is 0 Å². The van der Waals surface area contributed by atoms with Crippen LogP contribution >= 0.6 is 0 Å². The van der Waals surface area contributed by atoms with E-state index in [2.05, 4.69) is 10.1 Å². The van der Waals surface area contributed by atoms with Crippen molar-refractivity contribution < 1.29 is 18.0 Å². The van der Waals surface area contributed by atoms with Crippen molar-refractivity contribution in [3.8, 4) is 0 Å². The first-order chi connectivity index (χ1) is 9.91. The Bertz CT molecular complexity index is 631. The average molecular weight is 294 g/mol. The smallest absolute Gasteiger partial charge is 0.399 e. The van der Waals surface area contributed by atoms with Crippen LogP contribution in [0.15, 0.2) is 47.8 Å². The van der Waals surface area contributed by atoms with E-state index in [1.54, 1.807) is 0 Å². The lowest BCUT2D eigenvalue weighted by atomic mass is 10.0. The maximum absolute atomic E-state index is 12.5. The van der Waals surface area contributed by atoms with Gasteiger partial charge in [-0.05, 0) is 19.1 Å². The Balaban J connectivity index is 2.40. The zero-order valence-electron chi connectivity index (χ0n) is 11.5. The third-order valence-electron chi connectivity index (χ3n) is 2.84. The molecule has 0 radical (unpaired) electrons. The van der Waals surface area contributed by atoms with Crippen molar-refractivity contribution in [3.63, 3.8) is 0 Å². The van der Waals surface area contributed by atoms with Crippen LogP contribution in [0.3, 0.4) is 0 Å². The molecule has 2 aromatic rings. The van der Waals surface area contributed by atoms with E-state index in [1.807, 2.05) is 31.2 Å². The highest BCUT2D eigenvalue weighted by atomic mass is 19.4. The normalized spacial score (nSPS) is 12.3. The van der Waals surface area contributed by atoms with E-state index in [0.717, 1.165) is 23.4 Å². The van der Waals surface area contributed by atoms with Crippen molar-refractivity contribution >= 4 is 5.71 Å². The van der Waals surface area contributed by atoms with E-state index in [1.165, 1.54) is 13.2 Å². The monoisotopic (exact) mass is 294 g/mol. The van der Waals surface area contributed by atoms with Gasteiger partial charge in [-0.3, -0.25) is 4.98 Å². The van der Waals surface area contributed by atoms with E-state index >= 15 is 0 Å². The quantitative estimate of drug-likeness (QED) is 0.637. The number of rotatable bonds is 3. The average Bonchev–Trinajstić information content (AvgIpc) is 2.45. The molecular formula is C15H13F3N2O. The Kier molecular flexibility index (Phi) is 4.26. The van der Waals surface area contributed by atoms with Crippen molar-refractivity contribution in [2.75, 3.05) is 7.11 Å². The van der Waals surface area contributed by atoms with Gasteiger partial charge >= 0.3 is 6.18 Å². The number of aromatic nitrogens is 1. The molecule has 110 valence electrons. The molecule has 2 rings (SSSR count). The summed E-state index contributed by atoms with van der Waals surface area (Å²) in [6, 6.07) is 9.64. The van der Waals surface area contributed by atoms with Crippen LogP contribution in [0.5, 0.6) is 0 Å². The minimum Gasteiger partial charge on any atom is -0.399 e. The van der Waals surface area contributed by atoms with Crippen molar-refractivity contribution in [2.24, 2.45) is 5.16 Å². The minimum absolute atomic E-state index is 0.314. The largest absolute Gasteiger partial charge is 0.417 e. The van der Waals surface area contributed by atoms with Crippen LogP contribution in [0.4, 0.5) is 13.2 Å². The summed E-state index contributed by atoms with van der Waals surface area (Å²) in [7, 11) is 1.37. The predicted molar refractivity (Wildman–Crippen MR) is 73.1 cm³/mol. The number of aryl methyl sites for hydroxylation is 1. The molecule has 6 heteroatoms. The number of hydrogen-bond donors (Lipinski definition) is 0. The summed E-state index contributed by atoms with van der Waals surface area (Å²) in [6.45, 7) is 1.94. The number of hydrogen-bond acceptors (Lipinski definition) is 3. The van der Waals surface area contributed by atoms with Crippen molar-refractivity contribution in [2.45, 2.75) is 13.1 Å². The second-order valence-corrected chi connectivity index (χ2v) is 4.42. The van der Waals surface area contributed by atoms with Gasteiger partial charge in [0.1, 0.15) is 12.8 Å². The number of alkyl halides is 3. The van der Waals surface area contributed by atoms with Crippen LogP contribution in [-0.2, 0) is 11.0 Å². The standard InChI is InChI=1S/C15H13F3N2O/c1-10-3-5-11(6-4-10)14(20-21-2)13-8-7-12(9-19-13)15(16,17)18/h3-9H,1-2H3. The van der Waals surface area contributed by atoms with E-state index < -0.39 is 11.7 Å². The predicted octanol–water partition coefficient (Wildman–Crippen LogP) is 3.81. The summed E-state index contributed by atoms with van der Waals surface area (Å²) in [6.07, 6.45) is -3.62. The second kappa shape index (κ2) is 5.95. The SMILES string of the molecule is CON=C(c1ccc(C)cc1)c1ccc(C(F)(F)F)cn1. The number of halogens is 3. The van der Waals surface area contributed by atoms with E-state index in [0.29, 0.717) is 11.4 Å². The van der Waals surface area contributed by atoms with Crippen LogP contribution < -0.4 is 0 Å². The van der Waals surface area contributed by atoms with Crippen molar-refractivity contribution in [1.82, 2.24) is 4.98 Å². The maximum atomic E-state index is 12.5. The number of pyridine rings is 1. The molecule has 0 amide bonds. The molecule has 3 nitrogen and oxygen atoms in total. The summed E-state index contributed by atoms with van der Waals surface area (Å²) < 4.78 is 37.6. The zero-order valence-corrected chi connectivity index (χ0v) is 11.5. The number of nitrogens with zero attached hydrogens (tertiary/aromatic N) is 2. The lowest BCUT2D eigenvalue weighted by molar-refractivity contribution is -0.137. The Morgan fingerprint density at radius 3 is 2.24 bits per heavy atom. The molecule has 1 aromatic heterocycles. The molecule has 0 atom stereocenters. The molecule has 0 unspecified atom stereocenters. The van der Waals surface area contributed by atoms with Crippen LogP contribution in [0.25, 0.3) is 0 Å². The fourth-order valence-corrected chi connectivity index (χ4v) is 1.75. The van der Waals surface area contributed by atoms with Gasteiger partial charge in [-0.1, -0.05) is 35.0 Å². The van der Waals surface area contributed by atoms with Gasteiger partial charge in [-0.25, -0.2) is 0 Å². The molecule has 0 aliphatic rings. The molecule has 21 heavy (non-hydrogen) atoms. The summed E-state index contributed by atoms with van der Waals surface area (Å²) in [5, 5.41) is 3.86. The summed E-state index contributed by atoms with van der Waals surface area (Å²) in [4.78, 5) is 8.60. The lowest BCUT2D eigenvalue weighted by Gasteiger charge is -2.09. The van der Waals surface area contributed by atoms with Gasteiger partial charge in [-0.2, -0.15) is 13.2 Å². The molecule has 0 fully saturated rings. The first kappa shape index (κ1) is 15.0. The molecule has 1 heterocycles. The second-order valence-electron chi connectivity index (χ2n) is 4.42. The van der Waals surface area contributed by atoms with Crippen molar-refractivity contribution in [3.05, 3.63) is 65.0 Å². The Hall–Kier alpha value is -2.37. The fourth-order valence-electron chi connectivity index (χ4n) is 1.75. The highest BCUT2D eigenvalue weighted by molar-refractivity contribution is 6.11. The molecule has 1 aromatic carbocycles. The summed E-state index contributed by atoms with van der Waals surface area (Å²) >= 11 is 0. The molecule has 0 aliphatic carbocycles. The van der Waals surface area contributed by atoms with Gasteiger partial charge in [0.2, 0.25) is 0 Å². The lowest BCUT2D eigenvalue weighted by Crippen LogP contribution is -2.10. The Labute approximate surface area is 120 Å². The fraction of sp³-hybridized carbons (Fsp3) is 0.200. The van der Waals surface area contributed by atoms with Gasteiger partial charge in [0.05, 0.1) is 11.3 Å². The van der Waals surface area contributed by atoms with Crippen LogP contribution in [-0.4, -0.2) is 17.8 Å². The molecule has 0 saturated heterocycles. The number of benzene rings is 1. The number of oxime groups is 1. The van der Waals surface area contributed by atoms with Gasteiger partial charge < -0.3 is 4.84 Å². The molecule has 0 N–H and O–H groups in total. The Morgan fingerprint density at radius 1 is 1.10 bits per heavy atom. The van der Waals surface area contributed by atoms with Gasteiger partial charge in [-0.15, -0.1) is 0 Å². The first-order valence-electron chi connectivity index (χ1n) is 6.13. The van der Waals surface area contributed by atoms with Gasteiger partial charge in [0.15, 0.2) is 0 Å². The first-order valence-corrected chi connectivity index (χ1v) is 6.13. The topological polar surface area (TPSA) is 34.5 Å². The van der Waals surface area contributed by atoms with E-state index in [4.69, 9.17) is 4.84 Å².